The maximum absolute atomic E-state index is 13.2. The lowest BCUT2D eigenvalue weighted by Crippen LogP contribution is -2.29. The minimum Gasteiger partial charge on any atom is -0.341 e. The Morgan fingerprint density at radius 1 is 0.806 bits per heavy atom. The van der Waals surface area contributed by atoms with Crippen LogP contribution in [0.2, 0.25) is 0 Å². The summed E-state index contributed by atoms with van der Waals surface area (Å²) in [5, 5.41) is 2.46. The first-order chi connectivity index (χ1) is 14.5. The third-order valence-electron chi connectivity index (χ3n) is 6.02. The number of aromatic nitrogens is 1. The number of benzene rings is 2. The Labute approximate surface area is 185 Å². The summed E-state index contributed by atoms with van der Waals surface area (Å²) in [6, 6.07) is 14.9. The van der Waals surface area contributed by atoms with Gasteiger partial charge in [-0.2, -0.15) is 0 Å². The van der Waals surface area contributed by atoms with E-state index >= 15 is 0 Å². The molecular weight excluding hydrogens is 380 g/mol. The van der Waals surface area contributed by atoms with Crippen molar-refractivity contribution in [3.63, 3.8) is 0 Å². The van der Waals surface area contributed by atoms with Crippen LogP contribution in [-0.4, -0.2) is 16.1 Å². The molecule has 0 saturated carbocycles. The molecule has 0 radical (unpaired) electrons. The molecule has 2 aromatic carbocycles. The van der Waals surface area contributed by atoms with Gasteiger partial charge < -0.3 is 4.57 Å². The number of aryl methyl sites for hydroxylation is 1. The van der Waals surface area contributed by atoms with Crippen LogP contribution in [0.5, 0.6) is 0 Å². The summed E-state index contributed by atoms with van der Waals surface area (Å²) >= 11 is 0. The molecule has 160 valence electrons. The second kappa shape index (κ2) is 7.33. The SMILES string of the molecule is CCn1c2ccccc2c2cc(N=C3C=C(C(C)(C)C)C(=O)C(C(C)(C)C)=C3)ccc21. The third kappa shape index (κ3) is 3.78. The summed E-state index contributed by atoms with van der Waals surface area (Å²) in [5.41, 5.74) is 5.39. The fourth-order valence-electron chi connectivity index (χ4n) is 4.39. The molecule has 3 heteroatoms. The molecule has 1 aliphatic carbocycles. The van der Waals surface area contributed by atoms with Gasteiger partial charge in [0.2, 0.25) is 0 Å². The number of fused-ring (bicyclic) bond motifs is 3. The highest BCUT2D eigenvalue weighted by Gasteiger charge is 2.34. The van der Waals surface area contributed by atoms with E-state index < -0.39 is 0 Å². The van der Waals surface area contributed by atoms with Crippen molar-refractivity contribution in [2.24, 2.45) is 15.8 Å². The number of carbonyl (C=O) groups is 1. The van der Waals surface area contributed by atoms with Crippen molar-refractivity contribution in [1.82, 2.24) is 4.57 Å². The number of aliphatic imine (C=N–C) groups is 1. The summed E-state index contributed by atoms with van der Waals surface area (Å²) < 4.78 is 2.34. The van der Waals surface area contributed by atoms with Crippen LogP contribution in [0.1, 0.15) is 48.5 Å². The second-order valence-corrected chi connectivity index (χ2v) is 10.4. The standard InChI is InChI=1S/C28H32N2O/c1-8-30-24-12-10-9-11-20(24)21-15-18(13-14-25(21)30)29-19-16-22(27(2,3)4)26(31)23(17-19)28(5,6)7/h9-17H,8H2,1-7H3. The van der Waals surface area contributed by atoms with E-state index in [0.717, 1.165) is 29.1 Å². The van der Waals surface area contributed by atoms with Crippen molar-refractivity contribution < 1.29 is 4.79 Å². The Balaban J connectivity index is 1.90. The number of para-hydroxylation sites is 1. The van der Waals surface area contributed by atoms with E-state index in [1.165, 1.54) is 21.8 Å². The molecule has 0 N–H and O–H groups in total. The summed E-state index contributed by atoms with van der Waals surface area (Å²) in [6.07, 6.45) is 3.94. The molecule has 0 saturated heterocycles. The number of carbonyl (C=O) groups excluding carboxylic acids is 1. The van der Waals surface area contributed by atoms with Gasteiger partial charge in [0.25, 0.3) is 0 Å². The average Bonchev–Trinajstić information content (AvgIpc) is 3.00. The third-order valence-corrected chi connectivity index (χ3v) is 6.02. The smallest absolute Gasteiger partial charge is 0.186 e. The van der Waals surface area contributed by atoms with Gasteiger partial charge in [-0.3, -0.25) is 4.79 Å². The Bertz CT molecular complexity index is 1250. The van der Waals surface area contributed by atoms with E-state index in [1.54, 1.807) is 0 Å². The molecule has 0 fully saturated rings. The van der Waals surface area contributed by atoms with Gasteiger partial charge in [-0.05, 0) is 54.2 Å². The van der Waals surface area contributed by atoms with E-state index in [4.69, 9.17) is 4.99 Å². The second-order valence-electron chi connectivity index (χ2n) is 10.4. The zero-order valence-corrected chi connectivity index (χ0v) is 19.7. The molecule has 0 unspecified atom stereocenters. The highest BCUT2D eigenvalue weighted by atomic mass is 16.1. The molecule has 0 aliphatic heterocycles. The van der Waals surface area contributed by atoms with Crippen LogP contribution in [0.25, 0.3) is 21.8 Å². The quantitative estimate of drug-likeness (QED) is 0.403. The highest BCUT2D eigenvalue weighted by molar-refractivity contribution is 6.23. The fraction of sp³-hybridized carbons (Fsp3) is 0.357. The fourth-order valence-corrected chi connectivity index (χ4v) is 4.39. The topological polar surface area (TPSA) is 34.4 Å². The van der Waals surface area contributed by atoms with E-state index in [-0.39, 0.29) is 16.6 Å². The summed E-state index contributed by atoms with van der Waals surface area (Å²) in [5.74, 6) is 0.139. The lowest BCUT2D eigenvalue weighted by Gasteiger charge is -2.31. The first-order valence-corrected chi connectivity index (χ1v) is 11.1. The van der Waals surface area contributed by atoms with Gasteiger partial charge in [-0.15, -0.1) is 0 Å². The monoisotopic (exact) mass is 412 g/mol. The molecule has 31 heavy (non-hydrogen) atoms. The number of nitrogens with zero attached hydrogens (tertiary/aromatic N) is 2. The zero-order chi connectivity index (χ0) is 22.6. The van der Waals surface area contributed by atoms with E-state index in [9.17, 15) is 4.79 Å². The number of hydrogen-bond acceptors (Lipinski definition) is 2. The van der Waals surface area contributed by atoms with Gasteiger partial charge in [0.05, 0.1) is 11.4 Å². The van der Waals surface area contributed by atoms with Gasteiger partial charge >= 0.3 is 0 Å². The number of hydrogen-bond donors (Lipinski definition) is 0. The number of allylic oxidation sites excluding steroid dienone is 4. The predicted octanol–water partition coefficient (Wildman–Crippen LogP) is 7.41. The van der Waals surface area contributed by atoms with Gasteiger partial charge in [0, 0.05) is 39.5 Å². The van der Waals surface area contributed by atoms with Gasteiger partial charge in [-0.25, -0.2) is 4.99 Å². The van der Waals surface area contributed by atoms with Crippen LogP contribution in [0.4, 0.5) is 5.69 Å². The minimum absolute atomic E-state index is 0.139. The maximum atomic E-state index is 13.2. The normalized spacial score (nSPS) is 15.5. The Kier molecular flexibility index (Phi) is 5.04. The highest BCUT2D eigenvalue weighted by Crippen LogP contribution is 2.38. The van der Waals surface area contributed by atoms with E-state index in [1.807, 2.05) is 12.2 Å². The van der Waals surface area contributed by atoms with Crippen molar-refractivity contribution in [3.05, 3.63) is 65.8 Å². The first kappa shape index (κ1) is 21.3. The number of rotatable bonds is 2. The van der Waals surface area contributed by atoms with Gasteiger partial charge in [0.15, 0.2) is 5.78 Å². The lowest BCUT2D eigenvalue weighted by molar-refractivity contribution is -0.114. The molecule has 1 aliphatic rings. The molecule has 0 atom stereocenters. The molecule has 4 rings (SSSR count). The van der Waals surface area contributed by atoms with Crippen LogP contribution in [0.3, 0.4) is 0 Å². The van der Waals surface area contributed by atoms with Crippen molar-refractivity contribution in [2.75, 3.05) is 0 Å². The minimum atomic E-state index is -0.235. The molecule has 3 nitrogen and oxygen atoms in total. The predicted molar refractivity (Wildman–Crippen MR) is 132 cm³/mol. The van der Waals surface area contributed by atoms with Crippen molar-refractivity contribution >= 4 is 39.0 Å². The Morgan fingerprint density at radius 2 is 1.39 bits per heavy atom. The maximum Gasteiger partial charge on any atom is 0.186 e. The van der Waals surface area contributed by atoms with Crippen LogP contribution in [0, 0.1) is 10.8 Å². The lowest BCUT2D eigenvalue weighted by atomic mass is 9.72. The summed E-state index contributed by atoms with van der Waals surface area (Å²) in [6.45, 7) is 15.6. The van der Waals surface area contributed by atoms with E-state index in [2.05, 4.69) is 95.5 Å². The molecule has 0 amide bonds. The molecule has 1 heterocycles. The average molecular weight is 413 g/mol. The van der Waals surface area contributed by atoms with Crippen LogP contribution >= 0.6 is 0 Å². The Morgan fingerprint density at radius 3 is 1.97 bits per heavy atom. The Hall–Kier alpha value is -2.94. The van der Waals surface area contributed by atoms with Crippen LogP contribution in [-0.2, 0) is 11.3 Å². The van der Waals surface area contributed by atoms with Gasteiger partial charge in [-0.1, -0.05) is 59.7 Å². The molecule has 1 aromatic heterocycles. The zero-order valence-electron chi connectivity index (χ0n) is 19.7. The molecule has 0 bridgehead atoms. The van der Waals surface area contributed by atoms with E-state index in [0.29, 0.717) is 0 Å². The molecule has 3 aromatic rings. The van der Waals surface area contributed by atoms with Gasteiger partial charge in [0.1, 0.15) is 0 Å². The summed E-state index contributed by atoms with van der Waals surface area (Å²) in [7, 11) is 0. The summed E-state index contributed by atoms with van der Waals surface area (Å²) in [4.78, 5) is 18.2. The number of ketones is 1. The number of Topliss-reactive ketones (excluding diaryl/α,β-unsaturated/α-hetero) is 1. The van der Waals surface area contributed by atoms with Crippen molar-refractivity contribution in [3.8, 4) is 0 Å². The van der Waals surface area contributed by atoms with Crippen molar-refractivity contribution in [1.29, 1.82) is 0 Å². The van der Waals surface area contributed by atoms with Crippen molar-refractivity contribution in [2.45, 2.75) is 55.0 Å². The molecular formula is C28H32N2O. The van der Waals surface area contributed by atoms with Crippen LogP contribution in [0.15, 0.2) is 70.8 Å². The first-order valence-electron chi connectivity index (χ1n) is 11.1. The molecule has 0 spiro atoms. The largest absolute Gasteiger partial charge is 0.341 e. The van der Waals surface area contributed by atoms with Crippen LogP contribution < -0.4 is 0 Å².